The maximum Gasteiger partial charge on any atom is 0.236 e. The molecule has 0 bridgehead atoms. The van der Waals surface area contributed by atoms with Crippen molar-refractivity contribution in [3.05, 3.63) is 29.8 Å². The number of para-hydroxylation sites is 1. The van der Waals surface area contributed by atoms with Crippen LogP contribution in [0, 0.1) is 0 Å². The molecule has 154 valence electrons. The Labute approximate surface area is 167 Å². The van der Waals surface area contributed by atoms with E-state index in [2.05, 4.69) is 15.1 Å². The summed E-state index contributed by atoms with van der Waals surface area (Å²) >= 11 is 0. The van der Waals surface area contributed by atoms with Crippen LogP contribution in [0.2, 0.25) is 0 Å². The number of methoxy groups -OCH3 is 1. The van der Waals surface area contributed by atoms with Gasteiger partial charge in [0.15, 0.2) is 0 Å². The molecule has 1 aromatic rings. The molecule has 2 amide bonds. The van der Waals surface area contributed by atoms with Crippen LogP contribution in [0.3, 0.4) is 0 Å². The molecule has 0 spiro atoms. The lowest BCUT2D eigenvalue weighted by Gasteiger charge is -2.35. The number of ether oxygens (including phenoxy) is 1. The van der Waals surface area contributed by atoms with Crippen molar-refractivity contribution >= 4 is 11.8 Å². The fraction of sp³-hybridized carbons (Fsp3) is 0.619. The van der Waals surface area contributed by atoms with E-state index in [0.717, 1.165) is 63.4 Å². The number of likely N-dealkylation sites (tertiary alicyclic amines) is 1. The number of piperidine rings is 1. The first-order valence-corrected chi connectivity index (χ1v) is 10.3. The number of piperazine rings is 1. The smallest absolute Gasteiger partial charge is 0.236 e. The van der Waals surface area contributed by atoms with E-state index in [0.29, 0.717) is 19.6 Å². The van der Waals surface area contributed by atoms with Gasteiger partial charge in [-0.05, 0) is 25.3 Å². The number of nitrogens with one attached hydrogen (secondary N) is 1. The molecule has 0 radical (unpaired) electrons. The molecule has 0 atom stereocenters. The van der Waals surface area contributed by atoms with Gasteiger partial charge in [-0.15, -0.1) is 0 Å². The second-order valence-corrected chi connectivity index (χ2v) is 7.58. The van der Waals surface area contributed by atoms with Gasteiger partial charge in [-0.1, -0.05) is 18.2 Å². The van der Waals surface area contributed by atoms with Gasteiger partial charge in [-0.3, -0.25) is 19.4 Å². The van der Waals surface area contributed by atoms with Crippen molar-refractivity contribution in [1.29, 1.82) is 0 Å². The van der Waals surface area contributed by atoms with Crippen molar-refractivity contribution in [2.45, 2.75) is 25.8 Å². The van der Waals surface area contributed by atoms with Crippen molar-refractivity contribution < 1.29 is 14.3 Å². The summed E-state index contributed by atoms with van der Waals surface area (Å²) in [6.07, 6.45) is 3.49. The van der Waals surface area contributed by atoms with E-state index in [9.17, 15) is 9.59 Å². The number of nitrogens with zero attached hydrogens (tertiary/aromatic N) is 3. The first-order valence-electron chi connectivity index (χ1n) is 10.3. The summed E-state index contributed by atoms with van der Waals surface area (Å²) in [5, 5.41) is 2.97. The molecule has 2 saturated heterocycles. The number of hydrogen-bond donors (Lipinski definition) is 1. The standard InChI is InChI=1S/C21H32N4O3/c1-28-19-8-4-3-7-18(19)15-22-20(26)16-23-11-13-24(14-12-23)17-21(27)25-9-5-2-6-10-25/h3-4,7-8H,2,5-6,9-17H2,1H3,(H,22,26). The maximum absolute atomic E-state index is 12.4. The molecular weight excluding hydrogens is 356 g/mol. The Balaban J connectivity index is 1.35. The molecule has 3 rings (SSSR count). The zero-order valence-electron chi connectivity index (χ0n) is 16.9. The number of carbonyl (C=O) groups is 2. The van der Waals surface area contributed by atoms with Crippen molar-refractivity contribution in [2.75, 3.05) is 59.5 Å². The highest BCUT2D eigenvalue weighted by Gasteiger charge is 2.23. The Morgan fingerprint density at radius 1 is 0.929 bits per heavy atom. The summed E-state index contributed by atoms with van der Waals surface area (Å²) in [5.74, 6) is 1.06. The van der Waals surface area contributed by atoms with Crippen LogP contribution in [0.1, 0.15) is 24.8 Å². The Kier molecular flexibility index (Phi) is 7.68. The van der Waals surface area contributed by atoms with Crippen LogP contribution in [0.25, 0.3) is 0 Å². The zero-order valence-corrected chi connectivity index (χ0v) is 16.9. The molecule has 2 aliphatic heterocycles. The van der Waals surface area contributed by atoms with Gasteiger partial charge in [0.05, 0.1) is 20.2 Å². The van der Waals surface area contributed by atoms with Crippen molar-refractivity contribution in [2.24, 2.45) is 0 Å². The lowest BCUT2D eigenvalue weighted by molar-refractivity contribution is -0.134. The highest BCUT2D eigenvalue weighted by molar-refractivity contribution is 5.78. The lowest BCUT2D eigenvalue weighted by atomic mass is 10.1. The summed E-state index contributed by atoms with van der Waals surface area (Å²) in [7, 11) is 1.64. The Hall–Kier alpha value is -2.12. The van der Waals surface area contributed by atoms with E-state index in [-0.39, 0.29) is 11.8 Å². The minimum Gasteiger partial charge on any atom is -0.496 e. The normalized spacial score (nSPS) is 18.7. The molecule has 2 fully saturated rings. The van der Waals surface area contributed by atoms with E-state index < -0.39 is 0 Å². The quantitative estimate of drug-likeness (QED) is 0.753. The third-order valence-corrected chi connectivity index (χ3v) is 5.57. The second-order valence-electron chi connectivity index (χ2n) is 7.58. The van der Waals surface area contributed by atoms with Gasteiger partial charge < -0.3 is 15.0 Å². The molecule has 2 heterocycles. The van der Waals surface area contributed by atoms with Crippen LogP contribution in [0.4, 0.5) is 0 Å². The van der Waals surface area contributed by atoms with E-state index in [1.165, 1.54) is 6.42 Å². The molecule has 0 saturated carbocycles. The van der Waals surface area contributed by atoms with Crippen LogP contribution in [-0.2, 0) is 16.1 Å². The molecule has 7 heteroatoms. The van der Waals surface area contributed by atoms with Crippen LogP contribution in [-0.4, -0.2) is 86.0 Å². The van der Waals surface area contributed by atoms with E-state index in [4.69, 9.17) is 4.74 Å². The van der Waals surface area contributed by atoms with E-state index >= 15 is 0 Å². The number of benzene rings is 1. The Morgan fingerprint density at radius 2 is 1.57 bits per heavy atom. The van der Waals surface area contributed by atoms with E-state index in [1.807, 2.05) is 29.2 Å². The number of hydrogen-bond acceptors (Lipinski definition) is 5. The van der Waals surface area contributed by atoms with Gasteiger partial charge in [0.25, 0.3) is 0 Å². The van der Waals surface area contributed by atoms with Gasteiger partial charge in [-0.2, -0.15) is 0 Å². The predicted molar refractivity (Wildman–Crippen MR) is 108 cm³/mol. The fourth-order valence-corrected chi connectivity index (χ4v) is 3.84. The van der Waals surface area contributed by atoms with Crippen LogP contribution < -0.4 is 10.1 Å². The first-order chi connectivity index (χ1) is 13.7. The number of carbonyl (C=O) groups excluding carboxylic acids is 2. The average molecular weight is 389 g/mol. The van der Waals surface area contributed by atoms with Crippen molar-refractivity contribution in [3.63, 3.8) is 0 Å². The third kappa shape index (κ3) is 5.94. The number of rotatable bonds is 7. The topological polar surface area (TPSA) is 65.1 Å². The molecule has 0 aliphatic carbocycles. The second kappa shape index (κ2) is 10.4. The summed E-state index contributed by atoms with van der Waals surface area (Å²) in [6, 6.07) is 7.71. The van der Waals surface area contributed by atoms with E-state index in [1.54, 1.807) is 7.11 Å². The fourth-order valence-electron chi connectivity index (χ4n) is 3.84. The zero-order chi connectivity index (χ0) is 19.8. The highest BCUT2D eigenvalue weighted by Crippen LogP contribution is 2.16. The SMILES string of the molecule is COc1ccccc1CNC(=O)CN1CCN(CC(=O)N2CCCCC2)CC1. The van der Waals surface area contributed by atoms with Crippen LogP contribution in [0.5, 0.6) is 5.75 Å². The monoisotopic (exact) mass is 388 g/mol. The van der Waals surface area contributed by atoms with Crippen molar-refractivity contribution in [1.82, 2.24) is 20.0 Å². The minimum absolute atomic E-state index is 0.0174. The molecule has 2 aliphatic rings. The molecule has 0 unspecified atom stereocenters. The van der Waals surface area contributed by atoms with Crippen LogP contribution >= 0.6 is 0 Å². The molecule has 0 aromatic heterocycles. The Morgan fingerprint density at radius 3 is 2.25 bits per heavy atom. The summed E-state index contributed by atoms with van der Waals surface area (Å²) < 4.78 is 5.32. The molecule has 1 N–H and O–H groups in total. The maximum atomic E-state index is 12.4. The average Bonchev–Trinajstić information content (AvgIpc) is 2.74. The third-order valence-electron chi connectivity index (χ3n) is 5.57. The predicted octanol–water partition coefficient (Wildman–Crippen LogP) is 0.942. The first kappa shape index (κ1) is 20.6. The van der Waals surface area contributed by atoms with Crippen molar-refractivity contribution in [3.8, 4) is 5.75 Å². The summed E-state index contributed by atoms with van der Waals surface area (Å²) in [4.78, 5) is 31.0. The molecule has 7 nitrogen and oxygen atoms in total. The van der Waals surface area contributed by atoms with Gasteiger partial charge in [0.2, 0.25) is 11.8 Å². The molecular formula is C21H32N4O3. The lowest BCUT2D eigenvalue weighted by Crippen LogP contribution is -2.52. The van der Waals surface area contributed by atoms with Gasteiger partial charge in [0, 0.05) is 51.4 Å². The molecule has 28 heavy (non-hydrogen) atoms. The van der Waals surface area contributed by atoms with Gasteiger partial charge >= 0.3 is 0 Å². The van der Waals surface area contributed by atoms with Gasteiger partial charge in [0.1, 0.15) is 5.75 Å². The van der Waals surface area contributed by atoms with Crippen LogP contribution in [0.15, 0.2) is 24.3 Å². The number of amides is 2. The van der Waals surface area contributed by atoms with Gasteiger partial charge in [-0.25, -0.2) is 0 Å². The summed E-state index contributed by atoms with van der Waals surface area (Å²) in [5.41, 5.74) is 0.972. The summed E-state index contributed by atoms with van der Waals surface area (Å²) in [6.45, 7) is 6.48. The highest BCUT2D eigenvalue weighted by atomic mass is 16.5. The Bertz CT molecular complexity index is 653. The molecule has 1 aromatic carbocycles. The minimum atomic E-state index is 0.0174. The largest absolute Gasteiger partial charge is 0.496 e.